The number of β-amino-alcohol motifs (C(OH)–C–C–N with tert-alkyl or cyclic N) is 1. The number of aliphatic hydroxyl groups excluding tert-OH is 1. The summed E-state index contributed by atoms with van der Waals surface area (Å²) in [5.74, 6) is 0. The molecule has 1 aromatic rings. The molecule has 0 radical (unpaired) electrons. The molecule has 1 unspecified atom stereocenters. The van der Waals surface area contributed by atoms with Crippen LogP contribution in [0.2, 0.25) is 0 Å². The molecule has 0 spiro atoms. The van der Waals surface area contributed by atoms with Gasteiger partial charge in [0.05, 0.1) is 6.10 Å². The average molecular weight is 271 g/mol. The van der Waals surface area contributed by atoms with E-state index in [0.717, 1.165) is 36.9 Å². The van der Waals surface area contributed by atoms with Crippen molar-refractivity contribution in [3.63, 3.8) is 0 Å². The zero-order chi connectivity index (χ0) is 10.7. The van der Waals surface area contributed by atoms with Crippen LogP contribution in [0.3, 0.4) is 0 Å². The number of piperidine rings is 1. The van der Waals surface area contributed by atoms with E-state index in [1.54, 1.807) is 6.20 Å². The van der Waals surface area contributed by atoms with Crippen molar-refractivity contribution >= 4 is 15.9 Å². The lowest BCUT2D eigenvalue weighted by Gasteiger charge is -2.29. The van der Waals surface area contributed by atoms with Gasteiger partial charge in [-0.25, -0.2) is 0 Å². The fraction of sp³-hybridized carbons (Fsp3) is 0.545. The lowest BCUT2D eigenvalue weighted by molar-refractivity contribution is 0.0668. The number of pyridine rings is 1. The molecule has 15 heavy (non-hydrogen) atoms. The van der Waals surface area contributed by atoms with Gasteiger partial charge < -0.3 is 5.11 Å². The largest absolute Gasteiger partial charge is 0.392 e. The van der Waals surface area contributed by atoms with Crippen molar-refractivity contribution < 1.29 is 5.11 Å². The van der Waals surface area contributed by atoms with Gasteiger partial charge in [-0.15, -0.1) is 0 Å². The summed E-state index contributed by atoms with van der Waals surface area (Å²) < 4.78 is 1.01. The molecule has 0 aromatic carbocycles. The van der Waals surface area contributed by atoms with Crippen LogP contribution in [-0.4, -0.2) is 34.2 Å². The highest BCUT2D eigenvalue weighted by Gasteiger charge is 2.17. The van der Waals surface area contributed by atoms with Crippen LogP contribution in [0.15, 0.2) is 22.9 Å². The summed E-state index contributed by atoms with van der Waals surface area (Å²) in [6.07, 6.45) is 5.54. The van der Waals surface area contributed by atoms with Gasteiger partial charge in [0.2, 0.25) is 0 Å². The van der Waals surface area contributed by atoms with E-state index < -0.39 is 0 Å². The van der Waals surface area contributed by atoms with Gasteiger partial charge in [-0.3, -0.25) is 9.88 Å². The van der Waals surface area contributed by atoms with Gasteiger partial charge in [-0.05, 0) is 46.9 Å². The average Bonchev–Trinajstić information content (AvgIpc) is 2.17. The Morgan fingerprint density at radius 1 is 1.53 bits per heavy atom. The molecule has 1 atom stereocenters. The highest BCUT2D eigenvalue weighted by atomic mass is 79.9. The smallest absolute Gasteiger partial charge is 0.0667 e. The third-order valence-corrected chi connectivity index (χ3v) is 3.08. The lowest BCUT2D eigenvalue weighted by Crippen LogP contribution is -2.37. The van der Waals surface area contributed by atoms with Crippen LogP contribution in [-0.2, 0) is 6.54 Å². The Morgan fingerprint density at radius 2 is 2.40 bits per heavy atom. The van der Waals surface area contributed by atoms with Gasteiger partial charge >= 0.3 is 0 Å². The third-order valence-electron chi connectivity index (χ3n) is 2.65. The van der Waals surface area contributed by atoms with E-state index in [1.807, 2.05) is 6.20 Å². The second kappa shape index (κ2) is 5.05. The fourth-order valence-electron chi connectivity index (χ4n) is 1.98. The van der Waals surface area contributed by atoms with E-state index >= 15 is 0 Å². The van der Waals surface area contributed by atoms with E-state index in [1.165, 1.54) is 5.56 Å². The van der Waals surface area contributed by atoms with Crippen molar-refractivity contribution in [1.82, 2.24) is 9.88 Å². The van der Waals surface area contributed by atoms with Gasteiger partial charge in [0.25, 0.3) is 0 Å². The number of rotatable bonds is 2. The van der Waals surface area contributed by atoms with Crippen molar-refractivity contribution in [1.29, 1.82) is 0 Å². The Hall–Kier alpha value is -0.450. The zero-order valence-electron chi connectivity index (χ0n) is 8.56. The fourth-order valence-corrected chi connectivity index (χ4v) is 2.39. The predicted molar refractivity (Wildman–Crippen MR) is 62.5 cm³/mol. The van der Waals surface area contributed by atoms with Crippen molar-refractivity contribution in [2.45, 2.75) is 25.5 Å². The first-order valence-corrected chi connectivity index (χ1v) is 6.03. The predicted octanol–water partition coefficient (Wildman–Crippen LogP) is 1.80. The number of hydrogen-bond acceptors (Lipinski definition) is 3. The molecular formula is C11H15BrN2O. The molecule has 1 N–H and O–H groups in total. The van der Waals surface area contributed by atoms with Gasteiger partial charge in [0.1, 0.15) is 0 Å². The Balaban J connectivity index is 1.96. The number of hydrogen-bond donors (Lipinski definition) is 1. The summed E-state index contributed by atoms with van der Waals surface area (Å²) in [5, 5.41) is 9.55. The second-order valence-corrected chi connectivity index (χ2v) is 4.96. The molecule has 1 aliphatic rings. The second-order valence-electron chi connectivity index (χ2n) is 4.04. The minimum atomic E-state index is -0.154. The topological polar surface area (TPSA) is 36.4 Å². The van der Waals surface area contributed by atoms with E-state index in [0.29, 0.717) is 0 Å². The molecule has 1 aromatic heterocycles. The summed E-state index contributed by atoms with van der Waals surface area (Å²) in [7, 11) is 0. The summed E-state index contributed by atoms with van der Waals surface area (Å²) >= 11 is 3.41. The van der Waals surface area contributed by atoms with E-state index in [-0.39, 0.29) is 6.10 Å². The minimum absolute atomic E-state index is 0.154. The minimum Gasteiger partial charge on any atom is -0.392 e. The molecule has 3 nitrogen and oxygen atoms in total. The van der Waals surface area contributed by atoms with Gasteiger partial charge in [0.15, 0.2) is 0 Å². The van der Waals surface area contributed by atoms with Gasteiger partial charge in [0, 0.05) is 30.0 Å². The van der Waals surface area contributed by atoms with Crippen LogP contribution in [0.25, 0.3) is 0 Å². The normalized spacial score (nSPS) is 22.9. The lowest BCUT2D eigenvalue weighted by atomic mass is 10.1. The maximum Gasteiger partial charge on any atom is 0.0667 e. The molecule has 4 heteroatoms. The highest BCUT2D eigenvalue weighted by molar-refractivity contribution is 9.10. The van der Waals surface area contributed by atoms with E-state index in [9.17, 15) is 5.11 Å². The quantitative estimate of drug-likeness (QED) is 0.891. The molecule has 0 amide bonds. The van der Waals surface area contributed by atoms with Gasteiger partial charge in [-0.1, -0.05) is 0 Å². The molecular weight excluding hydrogens is 256 g/mol. The number of nitrogens with zero attached hydrogens (tertiary/aromatic N) is 2. The van der Waals surface area contributed by atoms with Crippen LogP contribution in [0.1, 0.15) is 18.4 Å². The molecule has 0 bridgehead atoms. The molecule has 1 saturated heterocycles. The van der Waals surface area contributed by atoms with Crippen LogP contribution in [0.4, 0.5) is 0 Å². The molecule has 2 rings (SSSR count). The Bertz CT molecular complexity index is 332. The number of aromatic nitrogens is 1. The van der Waals surface area contributed by atoms with Crippen LogP contribution >= 0.6 is 15.9 Å². The van der Waals surface area contributed by atoms with Crippen molar-refractivity contribution in [3.05, 3.63) is 28.5 Å². The summed E-state index contributed by atoms with van der Waals surface area (Å²) in [4.78, 5) is 6.41. The number of aliphatic hydroxyl groups is 1. The molecule has 82 valence electrons. The first-order chi connectivity index (χ1) is 7.24. The molecule has 2 heterocycles. The van der Waals surface area contributed by atoms with Crippen molar-refractivity contribution in [2.75, 3.05) is 13.1 Å². The third kappa shape index (κ3) is 3.26. The maximum absolute atomic E-state index is 9.55. The standard InChI is InChI=1S/C11H15BrN2O/c12-10-4-9(5-13-6-10)7-14-3-1-2-11(15)8-14/h4-6,11,15H,1-3,7-8H2. The first kappa shape index (κ1) is 11.0. The number of halogens is 1. The Kier molecular flexibility index (Phi) is 3.72. The number of likely N-dealkylation sites (tertiary alicyclic amines) is 1. The monoisotopic (exact) mass is 270 g/mol. The van der Waals surface area contributed by atoms with Crippen LogP contribution in [0, 0.1) is 0 Å². The molecule has 1 aliphatic heterocycles. The zero-order valence-corrected chi connectivity index (χ0v) is 10.2. The first-order valence-electron chi connectivity index (χ1n) is 5.24. The molecule has 0 aliphatic carbocycles. The van der Waals surface area contributed by atoms with Crippen molar-refractivity contribution in [2.24, 2.45) is 0 Å². The highest BCUT2D eigenvalue weighted by Crippen LogP contribution is 2.15. The maximum atomic E-state index is 9.55. The summed E-state index contributed by atoms with van der Waals surface area (Å²) in [6, 6.07) is 2.08. The van der Waals surface area contributed by atoms with Crippen LogP contribution < -0.4 is 0 Å². The van der Waals surface area contributed by atoms with Crippen molar-refractivity contribution in [3.8, 4) is 0 Å². The summed E-state index contributed by atoms with van der Waals surface area (Å²) in [6.45, 7) is 2.74. The van der Waals surface area contributed by atoms with Crippen LogP contribution in [0.5, 0.6) is 0 Å². The molecule has 0 saturated carbocycles. The summed E-state index contributed by atoms with van der Waals surface area (Å²) in [5.41, 5.74) is 1.19. The Morgan fingerprint density at radius 3 is 3.13 bits per heavy atom. The van der Waals surface area contributed by atoms with E-state index in [4.69, 9.17) is 0 Å². The van der Waals surface area contributed by atoms with Gasteiger partial charge in [-0.2, -0.15) is 0 Å². The Labute approximate surface area is 98.3 Å². The SMILES string of the molecule is OC1CCCN(Cc2cncc(Br)c2)C1. The van der Waals surface area contributed by atoms with E-state index in [2.05, 4.69) is 31.9 Å². The molecule has 1 fully saturated rings.